The van der Waals surface area contributed by atoms with Crippen LogP contribution in [0.4, 0.5) is 17.1 Å². The molecule has 3 aromatic heterocycles. The van der Waals surface area contributed by atoms with Crippen LogP contribution in [0.15, 0.2) is 217 Å². The second-order valence-electron chi connectivity index (χ2n) is 15.9. The van der Waals surface area contributed by atoms with Gasteiger partial charge in [0.15, 0.2) is 0 Å². The molecule has 4 heteroatoms. The third-order valence-electron chi connectivity index (χ3n) is 12.5. The number of benzene rings is 10. The molecule has 10 aromatic carbocycles. The molecule has 0 bridgehead atoms. The largest absolute Gasteiger partial charge is 0.455 e. The fourth-order valence-corrected chi connectivity index (χ4v) is 12.1. The highest BCUT2D eigenvalue weighted by Crippen LogP contribution is 2.50. The summed E-state index contributed by atoms with van der Waals surface area (Å²) < 4.78 is 12.2. The van der Waals surface area contributed by atoms with E-state index in [-0.39, 0.29) is 0 Å². The molecule has 0 amide bonds. The van der Waals surface area contributed by atoms with Crippen molar-refractivity contribution in [2.75, 3.05) is 4.90 Å². The minimum atomic E-state index is 0.895. The lowest BCUT2D eigenvalue weighted by molar-refractivity contribution is 0.636. The maximum Gasteiger partial charge on any atom is 0.143 e. The van der Waals surface area contributed by atoms with E-state index < -0.39 is 0 Å². The molecule has 3 heterocycles. The Morgan fingerprint density at radius 2 is 0.855 bits per heavy atom. The lowest BCUT2D eigenvalue weighted by atomic mass is 9.91. The summed E-state index contributed by atoms with van der Waals surface area (Å²) in [4.78, 5) is 2.48. The molecule has 0 unspecified atom stereocenters. The monoisotopic (exact) mass is 825 g/mol. The highest BCUT2D eigenvalue weighted by Gasteiger charge is 2.24. The predicted octanol–water partition coefficient (Wildman–Crippen LogP) is 17.9. The van der Waals surface area contributed by atoms with Crippen molar-refractivity contribution in [2.24, 2.45) is 0 Å². The van der Waals surface area contributed by atoms with Crippen LogP contribution >= 0.6 is 22.7 Å². The van der Waals surface area contributed by atoms with Crippen LogP contribution in [0.25, 0.3) is 106 Å². The maximum atomic E-state index is 7.03. The molecule has 290 valence electrons. The average Bonchev–Trinajstić information content (AvgIpc) is 4.05. The van der Waals surface area contributed by atoms with Crippen molar-refractivity contribution in [3.05, 3.63) is 212 Å². The topological polar surface area (TPSA) is 16.4 Å². The van der Waals surface area contributed by atoms with E-state index in [1.807, 2.05) is 22.7 Å². The first kappa shape index (κ1) is 35.3. The molecular formula is C58H35NOS2. The first-order chi connectivity index (χ1) is 30.8. The van der Waals surface area contributed by atoms with Crippen LogP contribution in [-0.4, -0.2) is 0 Å². The fraction of sp³-hybridized carbons (Fsp3) is 0. The van der Waals surface area contributed by atoms with E-state index in [4.69, 9.17) is 4.42 Å². The number of nitrogens with zero attached hydrogens (tertiary/aromatic N) is 1. The summed E-state index contributed by atoms with van der Waals surface area (Å²) in [5.74, 6) is 0.895. The van der Waals surface area contributed by atoms with Gasteiger partial charge in [0.1, 0.15) is 11.3 Å². The Hall–Kier alpha value is -7.50. The van der Waals surface area contributed by atoms with Crippen molar-refractivity contribution in [2.45, 2.75) is 0 Å². The predicted molar refractivity (Wildman–Crippen MR) is 268 cm³/mol. The minimum Gasteiger partial charge on any atom is -0.455 e. The number of anilines is 3. The van der Waals surface area contributed by atoms with Gasteiger partial charge in [-0.15, -0.1) is 22.7 Å². The summed E-state index contributed by atoms with van der Waals surface area (Å²) >= 11 is 3.75. The quantitative estimate of drug-likeness (QED) is 0.155. The molecule has 13 aromatic rings. The molecule has 62 heavy (non-hydrogen) atoms. The van der Waals surface area contributed by atoms with Crippen molar-refractivity contribution in [1.82, 2.24) is 0 Å². The molecule has 0 saturated carbocycles. The number of fused-ring (bicyclic) bond motifs is 12. The van der Waals surface area contributed by atoms with Gasteiger partial charge in [-0.25, -0.2) is 0 Å². The van der Waals surface area contributed by atoms with Gasteiger partial charge in [-0.05, 0) is 81.4 Å². The van der Waals surface area contributed by atoms with Crippen LogP contribution < -0.4 is 4.90 Å². The molecule has 0 atom stereocenters. The second kappa shape index (κ2) is 14.0. The van der Waals surface area contributed by atoms with Crippen LogP contribution in [0, 0.1) is 0 Å². The van der Waals surface area contributed by atoms with Crippen molar-refractivity contribution in [3.8, 4) is 33.6 Å². The second-order valence-corrected chi connectivity index (χ2v) is 18.0. The lowest BCUT2D eigenvalue weighted by Gasteiger charge is -2.27. The smallest absolute Gasteiger partial charge is 0.143 e. The van der Waals surface area contributed by atoms with Crippen molar-refractivity contribution in [1.29, 1.82) is 0 Å². The normalized spacial score (nSPS) is 11.9. The average molecular weight is 826 g/mol. The number of hydrogen-bond acceptors (Lipinski definition) is 4. The lowest BCUT2D eigenvalue weighted by Crippen LogP contribution is -2.10. The van der Waals surface area contributed by atoms with Gasteiger partial charge >= 0.3 is 0 Å². The zero-order valence-corrected chi connectivity index (χ0v) is 35.0. The number of hydrogen-bond donors (Lipinski definition) is 0. The van der Waals surface area contributed by atoms with Crippen molar-refractivity contribution in [3.63, 3.8) is 0 Å². The molecule has 0 saturated heterocycles. The van der Waals surface area contributed by atoms with Gasteiger partial charge in [0.25, 0.3) is 0 Å². The Morgan fingerprint density at radius 1 is 0.339 bits per heavy atom. The summed E-state index contributed by atoms with van der Waals surface area (Å²) in [7, 11) is 0. The molecule has 0 spiro atoms. The summed E-state index contributed by atoms with van der Waals surface area (Å²) in [5.41, 5.74) is 10.1. The molecular weight excluding hydrogens is 791 g/mol. The molecule has 2 nitrogen and oxygen atoms in total. The highest BCUT2D eigenvalue weighted by atomic mass is 32.1. The number of furan rings is 1. The van der Waals surface area contributed by atoms with E-state index in [1.54, 1.807) is 0 Å². The molecule has 0 aliphatic carbocycles. The maximum absolute atomic E-state index is 7.03. The summed E-state index contributed by atoms with van der Waals surface area (Å²) in [6.07, 6.45) is 0. The highest BCUT2D eigenvalue weighted by molar-refractivity contribution is 7.27. The number of thiophene rings is 2. The Bertz CT molecular complexity index is 3750. The molecule has 0 radical (unpaired) electrons. The van der Waals surface area contributed by atoms with Gasteiger partial charge in [-0.1, -0.05) is 164 Å². The minimum absolute atomic E-state index is 0.895. The van der Waals surface area contributed by atoms with Gasteiger partial charge in [0, 0.05) is 58.5 Å². The van der Waals surface area contributed by atoms with Crippen molar-refractivity contribution < 1.29 is 4.42 Å². The Morgan fingerprint density at radius 3 is 1.48 bits per heavy atom. The first-order valence-electron chi connectivity index (χ1n) is 21.0. The van der Waals surface area contributed by atoms with E-state index in [0.717, 1.165) is 55.6 Å². The molecule has 0 N–H and O–H groups in total. The SMILES string of the molecule is c1ccc(-c2oc3c4ccc(-c5ccc(N(c6cccc7c6sc6ccccc67)c6cccc7c6sc6ccccc67)cc5)cc4c4ccccc4c3c2-c2ccccc2)cc1. The van der Waals surface area contributed by atoms with Gasteiger partial charge in [0.2, 0.25) is 0 Å². The van der Waals surface area contributed by atoms with Crippen molar-refractivity contribution >= 4 is 113 Å². The molecule has 13 rings (SSSR count). The van der Waals surface area contributed by atoms with E-state index in [1.165, 1.54) is 67.9 Å². The van der Waals surface area contributed by atoms with Crippen LogP contribution in [-0.2, 0) is 0 Å². The zero-order chi connectivity index (χ0) is 40.7. The standard InChI is InChI=1S/C58H35NOS2/c1-3-15-37(16-4-1)53-54-44-22-8-7-19-41(44)48-35-39(31-34-45(48)56(54)60-55(53)38-17-5-2-6-18-38)36-29-32-40(33-30-36)59(49-25-13-23-46-42-20-9-11-27-51(42)61-57(46)49)50-26-14-24-47-43-21-10-12-28-52(43)62-58(47)50/h1-35H. The summed E-state index contributed by atoms with van der Waals surface area (Å²) in [6, 6.07) is 77.1. The van der Waals surface area contributed by atoms with Gasteiger partial charge < -0.3 is 9.32 Å². The molecule has 0 fully saturated rings. The molecule has 0 aliphatic heterocycles. The number of rotatable bonds is 6. The van der Waals surface area contributed by atoms with Gasteiger partial charge in [0.05, 0.1) is 20.8 Å². The van der Waals surface area contributed by atoms with Crippen LogP contribution in [0.2, 0.25) is 0 Å². The van der Waals surface area contributed by atoms with Crippen LogP contribution in [0.1, 0.15) is 0 Å². The van der Waals surface area contributed by atoms with Crippen LogP contribution in [0.5, 0.6) is 0 Å². The first-order valence-corrected chi connectivity index (χ1v) is 22.6. The fourth-order valence-electron chi connectivity index (χ4n) is 9.66. The van der Waals surface area contributed by atoms with E-state index in [2.05, 4.69) is 217 Å². The Kier molecular flexibility index (Phi) is 7.99. The van der Waals surface area contributed by atoms with Crippen LogP contribution in [0.3, 0.4) is 0 Å². The van der Waals surface area contributed by atoms with E-state index >= 15 is 0 Å². The van der Waals surface area contributed by atoms with E-state index in [0.29, 0.717) is 0 Å². The van der Waals surface area contributed by atoms with E-state index in [9.17, 15) is 0 Å². The molecule has 0 aliphatic rings. The Balaban J connectivity index is 0.993. The van der Waals surface area contributed by atoms with Gasteiger partial charge in [-0.3, -0.25) is 0 Å². The van der Waals surface area contributed by atoms with Gasteiger partial charge in [-0.2, -0.15) is 0 Å². The third-order valence-corrected chi connectivity index (χ3v) is 14.9. The summed E-state index contributed by atoms with van der Waals surface area (Å²) in [5, 5.41) is 11.0. The third kappa shape index (κ3) is 5.41. The zero-order valence-electron chi connectivity index (χ0n) is 33.4. The summed E-state index contributed by atoms with van der Waals surface area (Å²) in [6.45, 7) is 0. The Labute approximate surface area is 365 Å².